The molecule has 0 spiro atoms. The monoisotopic (exact) mass is 275 g/mol. The van der Waals surface area contributed by atoms with Gasteiger partial charge in [0.25, 0.3) is 0 Å². The van der Waals surface area contributed by atoms with Crippen LogP contribution in [0.5, 0.6) is 0 Å². The molecule has 0 bridgehead atoms. The molecule has 0 amide bonds. The molecule has 0 saturated heterocycles. The molecule has 0 saturated carbocycles. The fraction of sp³-hybridized carbons (Fsp3) is 0.200. The summed E-state index contributed by atoms with van der Waals surface area (Å²) in [7, 11) is 0. The molecule has 3 aromatic rings. The molecule has 0 heterocycles. The van der Waals surface area contributed by atoms with Gasteiger partial charge in [-0.1, -0.05) is 60.7 Å². The summed E-state index contributed by atoms with van der Waals surface area (Å²) >= 11 is 0. The summed E-state index contributed by atoms with van der Waals surface area (Å²) in [5, 5.41) is 6.23. The Kier molecular flexibility index (Phi) is 4.03. The summed E-state index contributed by atoms with van der Waals surface area (Å²) in [5.41, 5.74) is 4.04. The second kappa shape index (κ2) is 6.11. The molecule has 21 heavy (non-hydrogen) atoms. The van der Waals surface area contributed by atoms with Crippen molar-refractivity contribution in [2.45, 2.75) is 26.4 Å². The minimum absolute atomic E-state index is 0.359. The molecule has 0 fully saturated rings. The molecule has 1 nitrogen and oxygen atoms in total. The number of benzene rings is 3. The third-order valence-corrected chi connectivity index (χ3v) is 4.08. The lowest BCUT2D eigenvalue weighted by atomic mass is 10.0. The van der Waals surface area contributed by atoms with Crippen molar-refractivity contribution in [3.63, 3.8) is 0 Å². The van der Waals surface area contributed by atoms with Gasteiger partial charge in [0.2, 0.25) is 0 Å². The molecule has 0 radical (unpaired) electrons. The van der Waals surface area contributed by atoms with Crippen LogP contribution in [0, 0.1) is 6.92 Å². The Morgan fingerprint density at radius 2 is 1.57 bits per heavy atom. The first kappa shape index (κ1) is 13.8. The van der Waals surface area contributed by atoms with E-state index in [4.69, 9.17) is 0 Å². The van der Waals surface area contributed by atoms with Crippen LogP contribution in [-0.4, -0.2) is 0 Å². The summed E-state index contributed by atoms with van der Waals surface area (Å²) in [4.78, 5) is 0. The Morgan fingerprint density at radius 1 is 0.857 bits per heavy atom. The maximum atomic E-state index is 3.62. The van der Waals surface area contributed by atoms with Gasteiger partial charge in [-0.3, -0.25) is 0 Å². The van der Waals surface area contributed by atoms with Crippen LogP contribution in [0.15, 0.2) is 66.7 Å². The van der Waals surface area contributed by atoms with Gasteiger partial charge in [-0.25, -0.2) is 0 Å². The molecule has 0 aliphatic heterocycles. The molecule has 1 heteroatoms. The molecule has 106 valence electrons. The highest BCUT2D eigenvalue weighted by molar-refractivity contribution is 5.82. The standard InChI is InChI=1S/C20H21N/c1-15-7-3-6-10-20(15)16(2)21-14-17-11-12-18-8-4-5-9-19(18)13-17/h3-13,16,21H,14H2,1-2H3/t16-/m0/s1. The molecule has 3 rings (SSSR count). The number of aryl methyl sites for hydroxylation is 1. The lowest BCUT2D eigenvalue weighted by molar-refractivity contribution is 0.572. The summed E-state index contributed by atoms with van der Waals surface area (Å²) in [6.07, 6.45) is 0. The van der Waals surface area contributed by atoms with E-state index in [1.807, 2.05) is 0 Å². The Labute approximate surface area is 126 Å². The summed E-state index contributed by atoms with van der Waals surface area (Å²) in [6.45, 7) is 5.28. The molecule has 3 aromatic carbocycles. The summed E-state index contributed by atoms with van der Waals surface area (Å²) in [6, 6.07) is 24.1. The van der Waals surface area contributed by atoms with Crippen LogP contribution in [0.4, 0.5) is 0 Å². The highest BCUT2D eigenvalue weighted by atomic mass is 14.9. The fourth-order valence-electron chi connectivity index (χ4n) is 2.80. The van der Waals surface area contributed by atoms with E-state index in [0.29, 0.717) is 6.04 Å². The third-order valence-electron chi connectivity index (χ3n) is 4.08. The van der Waals surface area contributed by atoms with Crippen LogP contribution < -0.4 is 5.32 Å². The zero-order valence-corrected chi connectivity index (χ0v) is 12.6. The lowest BCUT2D eigenvalue weighted by Crippen LogP contribution is -2.18. The molecule has 0 unspecified atom stereocenters. The Morgan fingerprint density at radius 3 is 2.38 bits per heavy atom. The molecule has 0 aliphatic carbocycles. The smallest absolute Gasteiger partial charge is 0.0297 e. The van der Waals surface area contributed by atoms with E-state index in [2.05, 4.69) is 85.9 Å². The lowest BCUT2D eigenvalue weighted by Gasteiger charge is -2.16. The molecular weight excluding hydrogens is 254 g/mol. The predicted octanol–water partition coefficient (Wildman–Crippen LogP) is 5.00. The van der Waals surface area contributed by atoms with Crippen LogP contribution in [0.1, 0.15) is 29.7 Å². The van der Waals surface area contributed by atoms with Crippen molar-refractivity contribution >= 4 is 10.8 Å². The maximum Gasteiger partial charge on any atom is 0.0297 e. The van der Waals surface area contributed by atoms with Gasteiger partial charge in [-0.05, 0) is 47.4 Å². The van der Waals surface area contributed by atoms with Crippen molar-refractivity contribution in [3.05, 3.63) is 83.4 Å². The zero-order chi connectivity index (χ0) is 14.7. The van der Waals surface area contributed by atoms with Crippen LogP contribution in [0.25, 0.3) is 10.8 Å². The van der Waals surface area contributed by atoms with Crippen molar-refractivity contribution < 1.29 is 0 Å². The van der Waals surface area contributed by atoms with Crippen LogP contribution in [0.2, 0.25) is 0 Å². The van der Waals surface area contributed by atoms with E-state index in [1.54, 1.807) is 0 Å². The van der Waals surface area contributed by atoms with E-state index in [-0.39, 0.29) is 0 Å². The van der Waals surface area contributed by atoms with Gasteiger partial charge in [-0.2, -0.15) is 0 Å². The second-order valence-electron chi connectivity index (χ2n) is 5.64. The summed E-state index contributed by atoms with van der Waals surface area (Å²) in [5.74, 6) is 0. The average Bonchev–Trinajstić information content (AvgIpc) is 2.53. The van der Waals surface area contributed by atoms with Gasteiger partial charge in [0.15, 0.2) is 0 Å². The Balaban J connectivity index is 1.73. The highest BCUT2D eigenvalue weighted by Crippen LogP contribution is 2.19. The minimum atomic E-state index is 0.359. The Bertz CT molecular complexity index is 745. The second-order valence-corrected chi connectivity index (χ2v) is 5.64. The first-order chi connectivity index (χ1) is 10.2. The van der Waals surface area contributed by atoms with E-state index in [0.717, 1.165) is 6.54 Å². The van der Waals surface area contributed by atoms with E-state index in [9.17, 15) is 0 Å². The number of rotatable bonds is 4. The molecular formula is C20H21N. The topological polar surface area (TPSA) is 12.0 Å². The summed E-state index contributed by atoms with van der Waals surface area (Å²) < 4.78 is 0. The van der Waals surface area contributed by atoms with Crippen molar-refractivity contribution in [3.8, 4) is 0 Å². The first-order valence-corrected chi connectivity index (χ1v) is 7.50. The number of hydrogen-bond acceptors (Lipinski definition) is 1. The maximum absolute atomic E-state index is 3.62. The predicted molar refractivity (Wildman–Crippen MR) is 90.4 cm³/mol. The van der Waals surface area contributed by atoms with Crippen molar-refractivity contribution in [1.29, 1.82) is 0 Å². The molecule has 0 aliphatic rings. The highest BCUT2D eigenvalue weighted by Gasteiger charge is 2.07. The van der Waals surface area contributed by atoms with Crippen molar-refractivity contribution in [1.82, 2.24) is 5.32 Å². The minimum Gasteiger partial charge on any atom is -0.306 e. The largest absolute Gasteiger partial charge is 0.306 e. The van der Waals surface area contributed by atoms with Crippen molar-refractivity contribution in [2.24, 2.45) is 0 Å². The van der Waals surface area contributed by atoms with E-state index in [1.165, 1.54) is 27.5 Å². The number of nitrogens with one attached hydrogen (secondary N) is 1. The quantitative estimate of drug-likeness (QED) is 0.706. The van der Waals surface area contributed by atoms with E-state index >= 15 is 0 Å². The molecule has 0 aromatic heterocycles. The van der Waals surface area contributed by atoms with Crippen LogP contribution in [-0.2, 0) is 6.54 Å². The van der Waals surface area contributed by atoms with Crippen LogP contribution in [0.3, 0.4) is 0 Å². The molecule has 1 atom stereocenters. The number of hydrogen-bond donors (Lipinski definition) is 1. The van der Waals surface area contributed by atoms with Gasteiger partial charge in [0.1, 0.15) is 0 Å². The van der Waals surface area contributed by atoms with Crippen LogP contribution >= 0.6 is 0 Å². The first-order valence-electron chi connectivity index (χ1n) is 7.50. The SMILES string of the molecule is Cc1ccccc1[C@H](C)NCc1ccc2ccccc2c1. The molecule has 1 N–H and O–H groups in total. The van der Waals surface area contributed by atoms with Gasteiger partial charge in [-0.15, -0.1) is 0 Å². The van der Waals surface area contributed by atoms with Gasteiger partial charge < -0.3 is 5.32 Å². The van der Waals surface area contributed by atoms with Gasteiger partial charge in [0.05, 0.1) is 0 Å². The normalized spacial score (nSPS) is 12.5. The third kappa shape index (κ3) is 3.14. The van der Waals surface area contributed by atoms with Gasteiger partial charge >= 0.3 is 0 Å². The van der Waals surface area contributed by atoms with Crippen molar-refractivity contribution in [2.75, 3.05) is 0 Å². The fourth-order valence-corrected chi connectivity index (χ4v) is 2.80. The average molecular weight is 275 g/mol. The number of fused-ring (bicyclic) bond motifs is 1. The Hall–Kier alpha value is -2.12. The van der Waals surface area contributed by atoms with Gasteiger partial charge in [0, 0.05) is 12.6 Å². The van der Waals surface area contributed by atoms with E-state index < -0.39 is 0 Å². The zero-order valence-electron chi connectivity index (χ0n) is 12.6.